The first-order valence-corrected chi connectivity index (χ1v) is 17.1. The second-order valence-corrected chi connectivity index (χ2v) is 17.5. The van der Waals surface area contributed by atoms with E-state index in [1.54, 1.807) is 0 Å². The summed E-state index contributed by atoms with van der Waals surface area (Å²) >= 11 is 1.51. The minimum Gasteiger partial charge on any atom is -0.465 e. The molecule has 0 aromatic carbocycles. The molecule has 1 heterocycles. The lowest BCUT2D eigenvalue weighted by Gasteiger charge is -2.40. The number of carbonyl (C=O) groups excluding carboxylic acids is 2. The number of ether oxygens (including phenoxy) is 1. The lowest BCUT2D eigenvalue weighted by atomic mass is 9.85. The summed E-state index contributed by atoms with van der Waals surface area (Å²) in [5.41, 5.74) is 0. The van der Waals surface area contributed by atoms with Gasteiger partial charge in [0.05, 0.1) is 13.2 Å². The molecule has 0 radical (unpaired) electrons. The summed E-state index contributed by atoms with van der Waals surface area (Å²) in [7, 11) is -0.510. The van der Waals surface area contributed by atoms with E-state index in [4.69, 9.17) is 9.16 Å². The minimum atomic E-state index is -1.93. The van der Waals surface area contributed by atoms with Gasteiger partial charge in [0.25, 0.3) is 0 Å². The van der Waals surface area contributed by atoms with E-state index in [1.165, 1.54) is 61.8 Å². The van der Waals surface area contributed by atoms with Crippen LogP contribution in [-0.4, -0.2) is 33.3 Å². The van der Waals surface area contributed by atoms with Gasteiger partial charge in [0.2, 0.25) is 0 Å². The van der Waals surface area contributed by atoms with Crippen LogP contribution in [0.2, 0.25) is 18.1 Å². The number of unbranched alkanes of at least 4 members (excludes halogenated alkanes) is 5. The van der Waals surface area contributed by atoms with Gasteiger partial charge in [-0.25, -0.2) is 4.79 Å². The van der Waals surface area contributed by atoms with E-state index in [-0.39, 0.29) is 23.0 Å². The Hall–Kier alpha value is -0.983. The largest absolute Gasteiger partial charge is 0.465 e. The zero-order valence-corrected chi connectivity index (χ0v) is 24.5. The average molecular weight is 509 g/mol. The number of esters is 1. The standard InChI is InChI=1S/C28H48O4SSi/c1-8-9-10-11-12-13-16-23-22(17-14-15-21-18-19-26(33-21)27(30)31-5)24(29)20-25(23)32-34(6,7)28(2,3)4/h18-19,22-23,25H,8-17,20H2,1-7H3/t22-,23-,25-/m1/s1. The molecular formula is C28H48O4SSi. The van der Waals surface area contributed by atoms with Crippen LogP contribution in [0.15, 0.2) is 12.1 Å². The van der Waals surface area contributed by atoms with Gasteiger partial charge in [-0.3, -0.25) is 4.79 Å². The van der Waals surface area contributed by atoms with Crippen molar-refractivity contribution in [2.45, 2.75) is 123 Å². The Morgan fingerprint density at radius 3 is 2.38 bits per heavy atom. The fourth-order valence-electron chi connectivity index (χ4n) is 4.82. The molecule has 1 saturated carbocycles. The van der Waals surface area contributed by atoms with Crippen LogP contribution in [-0.2, 0) is 20.4 Å². The molecule has 4 nitrogen and oxygen atoms in total. The van der Waals surface area contributed by atoms with Crippen molar-refractivity contribution in [1.29, 1.82) is 0 Å². The third kappa shape index (κ3) is 8.30. The van der Waals surface area contributed by atoms with Gasteiger partial charge in [-0.05, 0) is 61.9 Å². The molecule has 0 unspecified atom stereocenters. The van der Waals surface area contributed by atoms with Crippen LogP contribution >= 0.6 is 11.3 Å². The van der Waals surface area contributed by atoms with Crippen LogP contribution in [0, 0.1) is 11.8 Å². The highest BCUT2D eigenvalue weighted by Crippen LogP contribution is 2.44. The third-order valence-corrected chi connectivity index (χ3v) is 13.6. The van der Waals surface area contributed by atoms with Gasteiger partial charge in [-0.15, -0.1) is 11.3 Å². The molecule has 0 amide bonds. The molecule has 0 bridgehead atoms. The molecule has 6 heteroatoms. The molecular weight excluding hydrogens is 460 g/mol. The van der Waals surface area contributed by atoms with Crippen LogP contribution in [0.3, 0.4) is 0 Å². The topological polar surface area (TPSA) is 52.6 Å². The summed E-state index contributed by atoms with van der Waals surface area (Å²) in [5.74, 6) is 0.597. The van der Waals surface area contributed by atoms with E-state index >= 15 is 0 Å². The first kappa shape index (κ1) is 29.2. The van der Waals surface area contributed by atoms with Crippen LogP contribution in [0.5, 0.6) is 0 Å². The van der Waals surface area contributed by atoms with E-state index in [0.717, 1.165) is 25.7 Å². The van der Waals surface area contributed by atoms with Gasteiger partial charge in [0.1, 0.15) is 10.7 Å². The van der Waals surface area contributed by atoms with Crippen molar-refractivity contribution in [3.63, 3.8) is 0 Å². The summed E-state index contributed by atoms with van der Waals surface area (Å²) in [6, 6.07) is 3.86. The summed E-state index contributed by atoms with van der Waals surface area (Å²) in [6.45, 7) is 13.7. The summed E-state index contributed by atoms with van der Waals surface area (Å²) in [5, 5.41) is 0.148. The van der Waals surface area contributed by atoms with Gasteiger partial charge in [-0.2, -0.15) is 0 Å². The molecule has 1 fully saturated rings. The van der Waals surface area contributed by atoms with Crippen LogP contribution < -0.4 is 0 Å². The van der Waals surface area contributed by atoms with E-state index in [2.05, 4.69) is 40.8 Å². The lowest BCUT2D eigenvalue weighted by molar-refractivity contribution is -0.121. The number of thiophene rings is 1. The molecule has 0 spiro atoms. The molecule has 0 aliphatic heterocycles. The van der Waals surface area contributed by atoms with Crippen molar-refractivity contribution in [3.8, 4) is 0 Å². The molecule has 0 N–H and O–H groups in total. The third-order valence-electron chi connectivity index (χ3n) is 7.94. The highest BCUT2D eigenvalue weighted by molar-refractivity contribution is 7.13. The number of ketones is 1. The Balaban J connectivity index is 2.00. The molecule has 1 aromatic rings. The van der Waals surface area contributed by atoms with Crippen molar-refractivity contribution in [2.75, 3.05) is 7.11 Å². The van der Waals surface area contributed by atoms with E-state index in [9.17, 15) is 9.59 Å². The maximum atomic E-state index is 13.2. The number of methoxy groups -OCH3 is 1. The number of hydrogen-bond acceptors (Lipinski definition) is 5. The first-order valence-electron chi connectivity index (χ1n) is 13.4. The molecule has 0 saturated heterocycles. The molecule has 1 aliphatic rings. The van der Waals surface area contributed by atoms with Gasteiger partial charge in [0, 0.05) is 17.2 Å². The molecule has 194 valence electrons. The Morgan fingerprint density at radius 2 is 1.74 bits per heavy atom. The zero-order chi connectivity index (χ0) is 25.4. The SMILES string of the molecule is CCCCCCCC[C@H]1[C@H](O[Si](C)(C)C(C)(C)C)CC(=O)[C@@H]1CCCc1ccc(C(=O)OC)s1. The van der Waals surface area contributed by atoms with Gasteiger partial charge in [-0.1, -0.05) is 66.2 Å². The normalized spacial score (nSPS) is 21.3. The zero-order valence-electron chi connectivity index (χ0n) is 22.7. The Labute approximate surface area is 213 Å². The highest BCUT2D eigenvalue weighted by atomic mass is 32.1. The van der Waals surface area contributed by atoms with Crippen molar-refractivity contribution >= 4 is 31.4 Å². The smallest absolute Gasteiger partial charge is 0.348 e. The van der Waals surface area contributed by atoms with Crippen LogP contribution in [0.4, 0.5) is 0 Å². The maximum absolute atomic E-state index is 13.2. The number of aryl methyl sites for hydroxylation is 1. The number of hydrogen-bond donors (Lipinski definition) is 0. The Morgan fingerprint density at radius 1 is 1.06 bits per heavy atom. The number of Topliss-reactive ketones (excluding diaryl/α,β-unsaturated/α-hetero) is 1. The van der Waals surface area contributed by atoms with Crippen molar-refractivity contribution in [2.24, 2.45) is 11.8 Å². The fourth-order valence-corrected chi connectivity index (χ4v) is 7.16. The second-order valence-electron chi connectivity index (χ2n) is 11.6. The number of rotatable bonds is 14. The predicted octanol–water partition coefficient (Wildman–Crippen LogP) is 8.20. The summed E-state index contributed by atoms with van der Waals surface area (Å²) in [4.78, 5) is 26.7. The Kier molecular flexibility index (Phi) is 11.5. The molecule has 3 atom stereocenters. The molecule has 2 rings (SSSR count). The van der Waals surface area contributed by atoms with Crippen molar-refractivity contribution in [1.82, 2.24) is 0 Å². The van der Waals surface area contributed by atoms with Crippen molar-refractivity contribution < 1.29 is 18.8 Å². The molecule has 1 aliphatic carbocycles. The van der Waals surface area contributed by atoms with Gasteiger partial charge >= 0.3 is 5.97 Å². The number of carbonyl (C=O) groups is 2. The van der Waals surface area contributed by atoms with Crippen LogP contribution in [0.1, 0.15) is 106 Å². The lowest BCUT2D eigenvalue weighted by Crippen LogP contribution is -2.45. The van der Waals surface area contributed by atoms with Gasteiger partial charge < -0.3 is 9.16 Å². The average Bonchev–Trinajstić information content (AvgIpc) is 3.34. The van der Waals surface area contributed by atoms with Gasteiger partial charge in [0.15, 0.2) is 8.32 Å². The summed E-state index contributed by atoms with van der Waals surface area (Å²) < 4.78 is 11.7. The Bertz CT molecular complexity index is 780. The van der Waals surface area contributed by atoms with E-state index < -0.39 is 8.32 Å². The minimum absolute atomic E-state index is 0.0849. The quantitative estimate of drug-likeness (QED) is 0.144. The highest BCUT2D eigenvalue weighted by Gasteiger charge is 2.47. The summed E-state index contributed by atoms with van der Waals surface area (Å²) in [6.07, 6.45) is 12.2. The fraction of sp³-hybridized carbons (Fsp3) is 0.786. The molecule has 34 heavy (non-hydrogen) atoms. The maximum Gasteiger partial charge on any atom is 0.348 e. The first-order chi connectivity index (χ1) is 16.0. The second kappa shape index (κ2) is 13.4. The monoisotopic (exact) mass is 508 g/mol. The molecule has 1 aromatic heterocycles. The van der Waals surface area contributed by atoms with E-state index in [0.29, 0.717) is 23.0 Å². The van der Waals surface area contributed by atoms with E-state index in [1.807, 2.05) is 12.1 Å². The predicted molar refractivity (Wildman–Crippen MR) is 145 cm³/mol. The van der Waals surface area contributed by atoms with Crippen molar-refractivity contribution in [3.05, 3.63) is 21.9 Å². The van der Waals surface area contributed by atoms with Crippen LogP contribution in [0.25, 0.3) is 0 Å².